The van der Waals surface area contributed by atoms with Gasteiger partial charge in [-0.2, -0.15) is 32.6 Å². The first kappa shape index (κ1) is 158. The Bertz CT molecular complexity index is 4350. The van der Waals surface area contributed by atoms with Crippen molar-refractivity contribution in [1.82, 2.24) is 0 Å². The third kappa shape index (κ3) is 105. The van der Waals surface area contributed by atoms with Gasteiger partial charge in [-0.25, -0.2) is 21.6 Å². The van der Waals surface area contributed by atoms with Crippen LogP contribution in [0.3, 0.4) is 0 Å². The molecule has 4 N–H and O–H groups in total. The maximum atomic E-state index is 10.9. The van der Waals surface area contributed by atoms with Crippen molar-refractivity contribution < 1.29 is 67.3 Å². The molecule has 0 aromatic heterocycles. The quantitative estimate of drug-likeness (QED) is 0.0383. The van der Waals surface area contributed by atoms with Crippen molar-refractivity contribution in [3.8, 4) is 18.2 Å². The van der Waals surface area contributed by atoms with Crippen LogP contribution < -0.4 is 0 Å². The maximum Gasteiger partial charge on any atom is 0.335 e. The van der Waals surface area contributed by atoms with Gasteiger partial charge in [0, 0.05) is 70.4 Å². The number of hydrogen-bond donors (Lipinski definition) is 4. The molecular weight excluding hydrogens is 2270 g/mol. The van der Waals surface area contributed by atoms with Crippen LogP contribution in [0.2, 0.25) is 0 Å². The molecule has 0 spiro atoms. The highest BCUT2D eigenvalue weighted by molar-refractivity contribution is 9.11. The average molecular weight is 2430 g/mol. The van der Waals surface area contributed by atoms with E-state index >= 15 is 0 Å². The molecule has 18 nitrogen and oxygen atoms in total. The standard InChI is InChI=1S/C12H17BrO3S.C11H15BrO.C10H10BrNO.C10H10BrN.C8H6BrN.C8H9BrO3S.C7H5BrO2.C7H7BrO.8C2H6.2CH3ClO2S.5CH4/c1-3-10(8-9-16-17(2,14)15)11-4-6-12(13)7-5-11;1-2-9(7-8-13)10-3-5-11(12)6-4-10;11-10-3-1-8(2-4-10)9(7-12)5-6-13;1-2-8(7-12)9-3-5-10(11)6-4-9;9-8-3-1-7(2-4-8)5-6-10;1-13(10,11)12-6-7-2-4-8(9)5-3-7;8-6-3-1-5(2-4-6)7(9)10;8-7-3-1-6(5-9)2-4-7;8*1-2;2*1-5(2,3)4;;;;;/h4-7,10H,3,8-9H2,1-2H3;3-6,9,13H,2,7-8H2,1H3;1-4,9,13H,5-6H2;3-6,8H,2H2,1H3;1-4H,5H2;2-5H,6H2,1H3;1-4H,(H,9,10);1-4,9H,5H2;8*1-2H3;2*1H3;5*1H4. The van der Waals surface area contributed by atoms with Crippen LogP contribution in [0.15, 0.2) is 230 Å². The van der Waals surface area contributed by atoms with E-state index in [0.29, 0.717) is 36.7 Å². The van der Waals surface area contributed by atoms with E-state index < -0.39 is 44.3 Å². The number of nitriles is 3. The third-order valence-corrected chi connectivity index (χ3v) is 18.7. The van der Waals surface area contributed by atoms with Crippen molar-refractivity contribution in [2.75, 3.05) is 44.8 Å². The van der Waals surface area contributed by atoms with Crippen LogP contribution >= 0.6 is 149 Å². The predicted molar refractivity (Wildman–Crippen MR) is 583 cm³/mol. The maximum absolute atomic E-state index is 10.9. The summed E-state index contributed by atoms with van der Waals surface area (Å²) in [6.07, 6.45) is 9.45. The second-order valence-corrected chi connectivity index (χ2v) is 38.7. The van der Waals surface area contributed by atoms with Crippen LogP contribution in [0.4, 0.5) is 0 Å². The molecule has 0 amide bonds. The first-order valence-corrected chi connectivity index (χ1v) is 55.2. The number of aliphatic hydroxyl groups excluding tert-OH is 3. The highest BCUT2D eigenvalue weighted by Crippen LogP contribution is 2.27. The first-order chi connectivity index (χ1) is 58.1. The molecule has 0 saturated carbocycles. The summed E-state index contributed by atoms with van der Waals surface area (Å²) in [6, 6.07) is 67.6. The summed E-state index contributed by atoms with van der Waals surface area (Å²) in [5, 5.41) is 60.6. The fraction of sp³-hybridized carbons (Fsp3) is 0.458. The fourth-order valence-electron chi connectivity index (χ4n) is 8.04. The topological polar surface area (TPSA) is 324 Å². The van der Waals surface area contributed by atoms with E-state index in [2.05, 4.69) is 221 Å². The third-order valence-electron chi connectivity index (χ3n) is 13.3. The molecule has 0 bridgehead atoms. The van der Waals surface area contributed by atoms with Crippen LogP contribution in [0.5, 0.6) is 0 Å². The number of carbonyl (C=O) groups is 1. The van der Waals surface area contributed by atoms with Crippen molar-refractivity contribution >= 4 is 193 Å². The molecule has 0 heterocycles. The van der Waals surface area contributed by atoms with E-state index in [1.165, 1.54) is 11.1 Å². The number of benzene rings is 8. The van der Waals surface area contributed by atoms with Crippen molar-refractivity contribution in [2.45, 2.75) is 251 Å². The lowest BCUT2D eigenvalue weighted by atomic mass is 9.94. The molecule has 0 saturated heterocycles. The van der Waals surface area contributed by atoms with Gasteiger partial charge in [0.1, 0.15) is 0 Å². The molecule has 4 unspecified atom stereocenters. The highest BCUT2D eigenvalue weighted by Gasteiger charge is 2.13. The van der Waals surface area contributed by atoms with Crippen LogP contribution in [0.25, 0.3) is 0 Å². The van der Waals surface area contributed by atoms with Gasteiger partial charge in [-0.15, -0.1) is 0 Å². The van der Waals surface area contributed by atoms with Gasteiger partial charge in [0.15, 0.2) is 0 Å². The van der Waals surface area contributed by atoms with E-state index in [4.69, 9.17) is 40.4 Å². The number of carboxylic acid groups (broad SMARTS) is 1. The molecule has 128 heavy (non-hydrogen) atoms. The van der Waals surface area contributed by atoms with Crippen molar-refractivity contribution in [3.63, 3.8) is 0 Å². The summed E-state index contributed by atoms with van der Waals surface area (Å²) in [6.45, 7) is 39.0. The SMILES string of the molecule is C.C.C.C.C.CC.CC.CC.CC.CC.CC.CC.CC.CCC(C#N)c1ccc(Br)cc1.CCC(CCO)c1ccc(Br)cc1.CCC(CCOS(C)(=O)=O)c1ccc(Br)cc1.CS(=O)(=O)Cl.CS(=O)(=O)Cl.CS(=O)(=O)OCc1ccc(Br)cc1.N#CC(CCO)c1ccc(Br)cc1.N#CCc1ccc(Br)cc1.O=C(O)c1ccc(Br)cc1.OCc1ccc(Br)cc1. The van der Waals surface area contributed by atoms with Gasteiger partial charge < -0.3 is 20.4 Å². The molecule has 8 aromatic rings. The van der Waals surface area contributed by atoms with Crippen molar-refractivity contribution in [2.24, 2.45) is 0 Å². The second-order valence-electron chi connectivity index (χ2n) is 22.0. The Kier molecular flexibility index (Phi) is 129. The minimum Gasteiger partial charge on any atom is -0.478 e. The lowest BCUT2D eigenvalue weighted by Gasteiger charge is -2.14. The summed E-state index contributed by atoms with van der Waals surface area (Å²) in [7, 11) is -4.05. The van der Waals surface area contributed by atoms with Gasteiger partial charge in [0.05, 0.1) is 86.9 Å². The first-order valence-electron chi connectivity index (χ1n) is 39.8. The Labute approximate surface area is 855 Å². The van der Waals surface area contributed by atoms with Crippen LogP contribution in [0, 0.1) is 34.0 Å². The van der Waals surface area contributed by atoms with E-state index in [0.717, 1.165) is 114 Å². The summed E-state index contributed by atoms with van der Waals surface area (Å²) in [4.78, 5) is 10.3. The Balaban J connectivity index is -0.0000000843. The van der Waals surface area contributed by atoms with E-state index in [-0.39, 0.29) is 82.0 Å². The number of aromatic carboxylic acids is 1. The highest BCUT2D eigenvalue weighted by atomic mass is 79.9. The molecule has 8 aromatic carbocycles. The van der Waals surface area contributed by atoms with Crippen LogP contribution in [-0.4, -0.2) is 105 Å². The summed E-state index contributed by atoms with van der Waals surface area (Å²) in [5.74, 6) is -0.216. The lowest BCUT2D eigenvalue weighted by molar-refractivity contribution is 0.0696. The van der Waals surface area contributed by atoms with E-state index in [1.807, 2.05) is 239 Å². The number of carboxylic acids is 1. The zero-order chi connectivity index (χ0) is 97.8. The van der Waals surface area contributed by atoms with Gasteiger partial charge in [-0.1, -0.05) is 381 Å². The minimum absolute atomic E-state index is 0. The molecule has 0 aliphatic carbocycles. The number of nitrogens with zero attached hydrogens (tertiary/aromatic N) is 3. The Hall–Kier alpha value is -4.28. The number of hydrogen-bond acceptors (Lipinski definition) is 17. The second kappa shape index (κ2) is 105. The Morgan fingerprint density at radius 3 is 0.812 bits per heavy atom. The minimum atomic E-state index is -3.34. The smallest absolute Gasteiger partial charge is 0.335 e. The molecule has 0 aliphatic heterocycles. The van der Waals surface area contributed by atoms with Crippen molar-refractivity contribution in [1.29, 1.82) is 15.8 Å². The van der Waals surface area contributed by atoms with E-state index in [9.17, 15) is 38.5 Å². The zero-order valence-electron chi connectivity index (χ0n) is 75.3. The molecule has 8 rings (SSSR count). The number of rotatable bonds is 21. The fourth-order valence-corrected chi connectivity index (χ4v) is 10.9. The van der Waals surface area contributed by atoms with Crippen LogP contribution in [0.1, 0.15) is 280 Å². The number of halogens is 10. The van der Waals surface area contributed by atoms with E-state index in [1.54, 1.807) is 36.4 Å². The molecule has 4 atom stereocenters. The molecule has 0 aliphatic rings. The number of aliphatic hydroxyl groups is 3. The van der Waals surface area contributed by atoms with Crippen LogP contribution in [-0.2, 0) is 66.3 Å². The summed E-state index contributed by atoms with van der Waals surface area (Å²) < 4.78 is 98.1. The Morgan fingerprint density at radius 1 is 0.352 bits per heavy atom. The summed E-state index contributed by atoms with van der Waals surface area (Å²) in [5.41, 5.74) is 7.73. The summed E-state index contributed by atoms with van der Waals surface area (Å²) >= 11 is 26.6. The lowest BCUT2D eigenvalue weighted by Crippen LogP contribution is -2.08. The molecule has 0 radical (unpaired) electrons. The van der Waals surface area contributed by atoms with Gasteiger partial charge in [0.25, 0.3) is 20.2 Å². The molecular formula is C96H153Br8Cl2N3O15S4. The van der Waals surface area contributed by atoms with Crippen molar-refractivity contribution in [3.05, 3.63) is 274 Å². The monoisotopic (exact) mass is 2420 g/mol. The predicted octanol–water partition coefficient (Wildman–Crippen LogP) is 32.8. The Morgan fingerprint density at radius 2 is 0.586 bits per heavy atom. The average Bonchev–Trinajstić information content (AvgIpc) is 0.876. The molecule has 736 valence electrons. The molecule has 0 fully saturated rings. The normalized spacial score (nSPS) is 10.0. The largest absolute Gasteiger partial charge is 0.478 e. The van der Waals surface area contributed by atoms with Gasteiger partial charge in [0.2, 0.25) is 18.1 Å². The molecule has 32 heteroatoms. The van der Waals surface area contributed by atoms with Gasteiger partial charge in [-0.3, -0.25) is 8.37 Å². The van der Waals surface area contributed by atoms with Gasteiger partial charge >= 0.3 is 5.97 Å². The zero-order valence-corrected chi connectivity index (χ0v) is 92.8. The van der Waals surface area contributed by atoms with Gasteiger partial charge in [-0.05, 0) is 198 Å².